The number of halogens is 1. The summed E-state index contributed by atoms with van der Waals surface area (Å²) in [7, 11) is -1.16. The third kappa shape index (κ3) is 4.81. The quantitative estimate of drug-likeness (QED) is 0.415. The molecule has 1 spiro atoms. The number of nitrogen functional groups attached to an aromatic ring is 2. The molecule has 1 fully saturated rings. The van der Waals surface area contributed by atoms with E-state index in [4.69, 9.17) is 23.1 Å². The van der Waals surface area contributed by atoms with Gasteiger partial charge in [0.2, 0.25) is 0 Å². The number of nitrogens with two attached hydrogens (primary N) is 2. The Kier molecular flexibility index (Phi) is 6.92. The second-order valence-electron chi connectivity index (χ2n) is 10.2. The Balaban J connectivity index is 1.30. The molecular weight excluding hydrogens is 536 g/mol. The smallest absolute Gasteiger partial charge is 0.158 e. The number of hydrogen-bond acceptors (Lipinski definition) is 10. The molecule has 0 saturated carbocycles. The van der Waals surface area contributed by atoms with Crippen LogP contribution in [0.1, 0.15) is 50.2 Å². The van der Waals surface area contributed by atoms with Gasteiger partial charge in [-0.3, -0.25) is 0 Å². The average Bonchev–Trinajstić information content (AvgIpc) is 3.38. The zero-order chi connectivity index (χ0) is 25.7. The van der Waals surface area contributed by atoms with Crippen LogP contribution < -0.4 is 21.1 Å². The molecule has 5 rings (SSSR count). The lowest BCUT2D eigenvalue weighted by atomic mass is 9.74. The van der Waals surface area contributed by atoms with Crippen molar-refractivity contribution in [3.63, 3.8) is 0 Å². The minimum Gasteiger partial charge on any atom is -0.382 e. The minimum absolute atomic E-state index is 0.0143. The molecule has 1 aliphatic carbocycles. The van der Waals surface area contributed by atoms with Crippen molar-refractivity contribution in [2.24, 2.45) is 5.41 Å². The lowest BCUT2D eigenvalue weighted by Gasteiger charge is -2.44. The van der Waals surface area contributed by atoms with Crippen LogP contribution in [0.15, 0.2) is 33.9 Å². The fraction of sp³-hybridized carbons (Fsp3) is 0.478. The molecule has 9 nitrogen and oxygen atoms in total. The number of hydrogen-bond donors (Lipinski definition) is 3. The summed E-state index contributed by atoms with van der Waals surface area (Å²) in [4.78, 5) is 22.0. The molecule has 1 aliphatic heterocycles. The largest absolute Gasteiger partial charge is 0.382 e. The molecule has 0 unspecified atom stereocenters. The molecular formula is C23H29ClN8OS3. The Morgan fingerprint density at radius 2 is 1.97 bits per heavy atom. The molecule has 3 aromatic heterocycles. The number of pyridine rings is 1. The second-order valence-corrected chi connectivity index (χ2v) is 14.4. The minimum atomic E-state index is -1.16. The third-order valence-corrected chi connectivity index (χ3v) is 10.8. The molecule has 3 aromatic rings. The van der Waals surface area contributed by atoms with Crippen molar-refractivity contribution >= 4 is 63.1 Å². The second kappa shape index (κ2) is 9.71. The SMILES string of the molecule is CC(C)(C)[S@@](=O)N[C@@H]1c2scnc2CC12CCN(c1cnc(Sc3ccnc(N)c3Cl)c(N)n1)CC2. The fourth-order valence-electron chi connectivity index (χ4n) is 4.71. The summed E-state index contributed by atoms with van der Waals surface area (Å²) in [6, 6.07) is 1.81. The van der Waals surface area contributed by atoms with Crippen molar-refractivity contribution in [1.82, 2.24) is 24.7 Å². The summed E-state index contributed by atoms with van der Waals surface area (Å²) in [5.74, 6) is 1.36. The predicted molar refractivity (Wildman–Crippen MR) is 148 cm³/mol. The first-order chi connectivity index (χ1) is 17.1. The zero-order valence-corrected chi connectivity index (χ0v) is 23.5. The van der Waals surface area contributed by atoms with E-state index in [1.165, 1.54) is 16.6 Å². The molecule has 2 aliphatic rings. The third-order valence-electron chi connectivity index (χ3n) is 6.77. The van der Waals surface area contributed by atoms with Crippen molar-refractivity contribution in [3.05, 3.63) is 39.6 Å². The van der Waals surface area contributed by atoms with E-state index in [0.717, 1.165) is 48.8 Å². The highest BCUT2D eigenvalue weighted by Crippen LogP contribution is 2.53. The maximum atomic E-state index is 13.0. The van der Waals surface area contributed by atoms with Crippen molar-refractivity contribution < 1.29 is 4.21 Å². The monoisotopic (exact) mass is 564 g/mol. The zero-order valence-electron chi connectivity index (χ0n) is 20.3. The molecule has 13 heteroatoms. The van der Waals surface area contributed by atoms with Crippen LogP contribution in [0, 0.1) is 5.41 Å². The first-order valence-electron chi connectivity index (χ1n) is 11.6. The van der Waals surface area contributed by atoms with E-state index in [0.29, 0.717) is 15.9 Å². The Labute approximate surface area is 226 Å². The number of rotatable bonds is 5. The lowest BCUT2D eigenvalue weighted by Crippen LogP contribution is -2.48. The molecule has 36 heavy (non-hydrogen) atoms. The Morgan fingerprint density at radius 3 is 2.67 bits per heavy atom. The van der Waals surface area contributed by atoms with Gasteiger partial charge >= 0.3 is 0 Å². The standard InChI is InChI=1S/C23H29ClN8OS3/c1-22(2,3)36(33)31-18-17-13(29-12-34-17)10-23(18)5-8-32(9-6-23)15-11-28-21(20(26)30-15)35-14-4-7-27-19(25)16(14)24/h4,7,11-12,18,31H,5-6,8-10H2,1-3H3,(H2,25,27)(H2,26,30)/t18-,36-/m1/s1. The van der Waals surface area contributed by atoms with Gasteiger partial charge < -0.3 is 16.4 Å². The maximum Gasteiger partial charge on any atom is 0.158 e. The van der Waals surface area contributed by atoms with Gasteiger partial charge in [0, 0.05) is 34.5 Å². The molecule has 4 heterocycles. The van der Waals surface area contributed by atoms with E-state index in [1.807, 2.05) is 26.3 Å². The van der Waals surface area contributed by atoms with Gasteiger partial charge in [-0.25, -0.2) is 28.9 Å². The number of nitrogens with zero attached hydrogens (tertiary/aromatic N) is 5. The van der Waals surface area contributed by atoms with E-state index in [9.17, 15) is 4.21 Å². The van der Waals surface area contributed by atoms with E-state index in [-0.39, 0.29) is 22.0 Å². The number of piperidine rings is 1. The van der Waals surface area contributed by atoms with Crippen LogP contribution in [0.2, 0.25) is 5.02 Å². The van der Waals surface area contributed by atoms with Crippen LogP contribution >= 0.6 is 34.7 Å². The number of aromatic nitrogens is 4. The topological polar surface area (TPSA) is 136 Å². The van der Waals surface area contributed by atoms with Gasteiger partial charge in [-0.2, -0.15) is 0 Å². The van der Waals surface area contributed by atoms with Gasteiger partial charge in [-0.1, -0.05) is 23.4 Å². The van der Waals surface area contributed by atoms with Gasteiger partial charge in [0.05, 0.1) is 44.2 Å². The number of anilines is 3. The van der Waals surface area contributed by atoms with Crippen LogP contribution in [-0.2, 0) is 17.4 Å². The van der Waals surface area contributed by atoms with Crippen LogP contribution in [0.5, 0.6) is 0 Å². The molecule has 1 saturated heterocycles. The number of thiazole rings is 1. The molecule has 192 valence electrons. The van der Waals surface area contributed by atoms with E-state index in [2.05, 4.69) is 29.6 Å². The number of nitrogens with one attached hydrogen (secondary N) is 1. The Hall–Kier alpha value is -1.99. The van der Waals surface area contributed by atoms with Crippen molar-refractivity contribution in [3.8, 4) is 0 Å². The van der Waals surface area contributed by atoms with Gasteiger partial charge in [0.25, 0.3) is 0 Å². The molecule has 2 atom stereocenters. The Morgan fingerprint density at radius 1 is 1.22 bits per heavy atom. The summed E-state index contributed by atoms with van der Waals surface area (Å²) < 4.78 is 16.2. The van der Waals surface area contributed by atoms with Crippen molar-refractivity contribution in [1.29, 1.82) is 0 Å². The van der Waals surface area contributed by atoms with Gasteiger partial charge in [0.15, 0.2) is 5.82 Å². The summed E-state index contributed by atoms with van der Waals surface area (Å²) >= 11 is 9.24. The van der Waals surface area contributed by atoms with Crippen LogP contribution in [-0.4, -0.2) is 42.0 Å². The molecule has 0 radical (unpaired) electrons. The van der Waals surface area contributed by atoms with Gasteiger partial charge in [-0.15, -0.1) is 11.3 Å². The lowest BCUT2D eigenvalue weighted by molar-refractivity contribution is 0.177. The molecule has 0 aromatic carbocycles. The highest BCUT2D eigenvalue weighted by Gasteiger charge is 2.50. The van der Waals surface area contributed by atoms with E-state index in [1.54, 1.807) is 29.8 Å². The first kappa shape index (κ1) is 25.7. The first-order valence-corrected chi connectivity index (χ1v) is 14.9. The molecule has 0 bridgehead atoms. The number of fused-ring (bicyclic) bond motifs is 1. The van der Waals surface area contributed by atoms with Crippen molar-refractivity contribution in [2.45, 2.75) is 60.7 Å². The average molecular weight is 565 g/mol. The summed E-state index contributed by atoms with van der Waals surface area (Å²) in [5.41, 5.74) is 15.1. The summed E-state index contributed by atoms with van der Waals surface area (Å²) in [6.07, 6.45) is 6.12. The Bertz CT molecular complexity index is 1300. The molecule has 0 amide bonds. The predicted octanol–water partition coefficient (Wildman–Crippen LogP) is 4.23. The van der Waals surface area contributed by atoms with Crippen LogP contribution in [0.4, 0.5) is 17.5 Å². The fourth-order valence-corrected chi connectivity index (χ4v) is 7.73. The van der Waals surface area contributed by atoms with E-state index >= 15 is 0 Å². The van der Waals surface area contributed by atoms with Crippen LogP contribution in [0.25, 0.3) is 0 Å². The summed E-state index contributed by atoms with van der Waals surface area (Å²) in [5, 5.41) is 0.948. The van der Waals surface area contributed by atoms with E-state index < -0.39 is 11.0 Å². The summed E-state index contributed by atoms with van der Waals surface area (Å²) in [6.45, 7) is 7.61. The van der Waals surface area contributed by atoms with Gasteiger partial charge in [-0.05, 0) is 46.1 Å². The van der Waals surface area contributed by atoms with Crippen LogP contribution in [0.3, 0.4) is 0 Å². The maximum absolute atomic E-state index is 13.0. The van der Waals surface area contributed by atoms with Crippen molar-refractivity contribution in [2.75, 3.05) is 29.5 Å². The van der Waals surface area contributed by atoms with Gasteiger partial charge in [0.1, 0.15) is 16.7 Å². The molecule has 5 N–H and O–H groups in total. The highest BCUT2D eigenvalue weighted by molar-refractivity contribution is 7.99. The normalized spacial score (nSPS) is 20.0. The highest BCUT2D eigenvalue weighted by atomic mass is 35.5.